The lowest BCUT2D eigenvalue weighted by Crippen LogP contribution is -2.47. The Hall–Kier alpha value is -1.19. The zero-order valence-corrected chi connectivity index (χ0v) is 14.8. The Balaban J connectivity index is 1.76. The molecule has 3 rings (SSSR count). The second kappa shape index (κ2) is 6.61. The summed E-state index contributed by atoms with van der Waals surface area (Å²) in [4.78, 5) is 11.2. The number of nitrogens with zero attached hydrogens (tertiary/aromatic N) is 1. The summed E-state index contributed by atoms with van der Waals surface area (Å²) >= 11 is 6.08. The standard InChI is InChI=1S/C15H19ClN2O5S/c1-11(19)17-14-3-2-12(10-13(14)16)24(20,21)18-6-4-15(5-7-18)22-8-9-23-15/h2-3,10H,4-9H2,1H3,(H,17,19). The molecule has 1 aromatic carbocycles. The molecule has 0 unspecified atom stereocenters. The van der Waals surface area contributed by atoms with Crippen LogP contribution in [0.25, 0.3) is 0 Å². The highest BCUT2D eigenvalue weighted by atomic mass is 35.5. The molecule has 0 radical (unpaired) electrons. The first-order valence-electron chi connectivity index (χ1n) is 7.68. The van der Waals surface area contributed by atoms with Crippen molar-refractivity contribution in [1.29, 1.82) is 0 Å². The number of amides is 1. The van der Waals surface area contributed by atoms with Crippen LogP contribution in [0.2, 0.25) is 5.02 Å². The summed E-state index contributed by atoms with van der Waals surface area (Å²) in [6.07, 6.45) is 1.01. The van der Waals surface area contributed by atoms with Gasteiger partial charge in [-0.3, -0.25) is 4.79 Å². The van der Waals surface area contributed by atoms with Crippen molar-refractivity contribution in [2.75, 3.05) is 31.6 Å². The molecule has 24 heavy (non-hydrogen) atoms. The lowest BCUT2D eigenvalue weighted by molar-refractivity contribution is -0.179. The van der Waals surface area contributed by atoms with Gasteiger partial charge in [0.2, 0.25) is 15.9 Å². The van der Waals surface area contributed by atoms with E-state index in [1.807, 2.05) is 0 Å². The monoisotopic (exact) mass is 374 g/mol. The van der Waals surface area contributed by atoms with E-state index < -0.39 is 15.8 Å². The fraction of sp³-hybridized carbons (Fsp3) is 0.533. The first-order valence-corrected chi connectivity index (χ1v) is 9.49. The summed E-state index contributed by atoms with van der Waals surface area (Å²) in [5, 5.41) is 2.73. The van der Waals surface area contributed by atoms with Gasteiger partial charge < -0.3 is 14.8 Å². The fourth-order valence-electron chi connectivity index (χ4n) is 2.95. The Morgan fingerprint density at radius 1 is 1.25 bits per heavy atom. The zero-order chi connectivity index (χ0) is 17.4. The number of sulfonamides is 1. The van der Waals surface area contributed by atoms with Crippen molar-refractivity contribution in [2.45, 2.75) is 30.4 Å². The second-order valence-corrected chi connectivity index (χ2v) is 8.18. The molecule has 0 aliphatic carbocycles. The highest BCUT2D eigenvalue weighted by Crippen LogP contribution is 2.34. The Kier molecular flexibility index (Phi) is 4.85. The molecule has 2 aliphatic heterocycles. The van der Waals surface area contributed by atoms with Gasteiger partial charge in [-0.2, -0.15) is 4.31 Å². The van der Waals surface area contributed by atoms with Gasteiger partial charge in [0, 0.05) is 32.9 Å². The van der Waals surface area contributed by atoms with Gasteiger partial charge in [0.05, 0.1) is 28.8 Å². The van der Waals surface area contributed by atoms with Gasteiger partial charge in [0.25, 0.3) is 0 Å². The maximum atomic E-state index is 12.8. The summed E-state index contributed by atoms with van der Waals surface area (Å²) in [5.74, 6) is -0.899. The van der Waals surface area contributed by atoms with Crippen LogP contribution >= 0.6 is 11.6 Å². The number of nitrogens with one attached hydrogen (secondary N) is 1. The van der Waals surface area contributed by atoms with Crippen LogP contribution in [0.5, 0.6) is 0 Å². The number of hydrogen-bond acceptors (Lipinski definition) is 5. The van der Waals surface area contributed by atoms with Crippen molar-refractivity contribution in [3.05, 3.63) is 23.2 Å². The number of piperidine rings is 1. The quantitative estimate of drug-likeness (QED) is 0.872. The molecule has 9 heteroatoms. The van der Waals surface area contributed by atoms with E-state index in [1.165, 1.54) is 29.4 Å². The molecular formula is C15H19ClN2O5S. The molecule has 0 saturated carbocycles. The van der Waals surface area contributed by atoms with Gasteiger partial charge >= 0.3 is 0 Å². The first kappa shape index (κ1) is 17.6. The Labute approximate surface area is 145 Å². The lowest BCUT2D eigenvalue weighted by atomic mass is 10.1. The molecule has 2 fully saturated rings. The van der Waals surface area contributed by atoms with E-state index in [1.54, 1.807) is 0 Å². The van der Waals surface area contributed by atoms with Gasteiger partial charge in [-0.1, -0.05) is 11.6 Å². The number of ether oxygens (including phenoxy) is 2. The highest BCUT2D eigenvalue weighted by Gasteiger charge is 2.42. The molecule has 0 atom stereocenters. The number of halogens is 1. The molecular weight excluding hydrogens is 356 g/mol. The van der Waals surface area contributed by atoms with Gasteiger partial charge in [0.15, 0.2) is 5.79 Å². The predicted octanol–water partition coefficient (Wildman–Crippen LogP) is 1.83. The average molecular weight is 375 g/mol. The third-order valence-electron chi connectivity index (χ3n) is 4.19. The van der Waals surface area contributed by atoms with Crippen LogP contribution < -0.4 is 5.32 Å². The molecule has 1 spiro atoms. The van der Waals surface area contributed by atoms with Crippen LogP contribution in [0.1, 0.15) is 19.8 Å². The summed E-state index contributed by atoms with van der Waals surface area (Å²) in [7, 11) is -3.65. The maximum Gasteiger partial charge on any atom is 0.243 e. The van der Waals surface area contributed by atoms with E-state index in [-0.39, 0.29) is 15.8 Å². The molecule has 2 saturated heterocycles. The van der Waals surface area contributed by atoms with Crippen molar-refractivity contribution < 1.29 is 22.7 Å². The Morgan fingerprint density at radius 2 is 1.88 bits per heavy atom. The molecule has 1 aromatic rings. The summed E-state index contributed by atoms with van der Waals surface area (Å²) in [6, 6.07) is 4.29. The third kappa shape index (κ3) is 3.43. The van der Waals surface area contributed by atoms with E-state index in [9.17, 15) is 13.2 Å². The van der Waals surface area contributed by atoms with E-state index in [0.717, 1.165) is 0 Å². The smallest absolute Gasteiger partial charge is 0.243 e. The van der Waals surface area contributed by atoms with Crippen LogP contribution in [0, 0.1) is 0 Å². The van der Waals surface area contributed by atoms with Gasteiger partial charge in [-0.25, -0.2) is 8.42 Å². The molecule has 132 valence electrons. The molecule has 1 N–H and O–H groups in total. The first-order chi connectivity index (χ1) is 11.3. The van der Waals surface area contributed by atoms with Crippen LogP contribution in [0.4, 0.5) is 5.69 Å². The minimum Gasteiger partial charge on any atom is -0.347 e. The van der Waals surface area contributed by atoms with Crippen molar-refractivity contribution in [1.82, 2.24) is 4.31 Å². The number of carbonyl (C=O) groups excluding carboxylic acids is 1. The van der Waals surface area contributed by atoms with Crippen LogP contribution in [-0.4, -0.2) is 50.7 Å². The Bertz CT molecular complexity index is 736. The van der Waals surface area contributed by atoms with E-state index >= 15 is 0 Å². The number of hydrogen-bond donors (Lipinski definition) is 1. The summed E-state index contributed by atoms with van der Waals surface area (Å²) in [6.45, 7) is 3.11. The molecule has 0 bridgehead atoms. The van der Waals surface area contributed by atoms with E-state index in [2.05, 4.69) is 5.32 Å². The van der Waals surface area contributed by atoms with Crippen molar-refractivity contribution in [3.63, 3.8) is 0 Å². The Morgan fingerprint density at radius 3 is 2.42 bits per heavy atom. The second-order valence-electron chi connectivity index (χ2n) is 5.83. The van der Waals surface area contributed by atoms with Crippen LogP contribution in [0.15, 0.2) is 23.1 Å². The lowest BCUT2D eigenvalue weighted by Gasteiger charge is -2.36. The SMILES string of the molecule is CC(=O)Nc1ccc(S(=O)(=O)N2CCC3(CC2)OCCO3)cc1Cl. The molecule has 2 aliphatic rings. The minimum atomic E-state index is -3.65. The molecule has 0 aromatic heterocycles. The summed E-state index contributed by atoms with van der Waals surface area (Å²) in [5.41, 5.74) is 0.383. The van der Waals surface area contributed by atoms with Gasteiger partial charge in [-0.05, 0) is 18.2 Å². The zero-order valence-electron chi connectivity index (χ0n) is 13.2. The van der Waals surface area contributed by atoms with E-state index in [4.69, 9.17) is 21.1 Å². The number of benzene rings is 1. The number of carbonyl (C=O) groups is 1. The predicted molar refractivity (Wildman–Crippen MR) is 88.4 cm³/mol. The number of rotatable bonds is 3. The average Bonchev–Trinajstić information content (AvgIpc) is 2.97. The van der Waals surface area contributed by atoms with Crippen molar-refractivity contribution in [2.24, 2.45) is 0 Å². The fourth-order valence-corrected chi connectivity index (χ4v) is 4.71. The van der Waals surface area contributed by atoms with Crippen LogP contribution in [0.3, 0.4) is 0 Å². The molecule has 1 amide bonds. The van der Waals surface area contributed by atoms with Crippen molar-refractivity contribution >= 4 is 33.2 Å². The highest BCUT2D eigenvalue weighted by molar-refractivity contribution is 7.89. The van der Waals surface area contributed by atoms with Gasteiger partial charge in [-0.15, -0.1) is 0 Å². The molecule has 7 nitrogen and oxygen atoms in total. The largest absolute Gasteiger partial charge is 0.347 e. The third-order valence-corrected chi connectivity index (χ3v) is 6.39. The molecule has 2 heterocycles. The normalized spacial score (nSPS) is 21.1. The maximum absolute atomic E-state index is 12.8. The van der Waals surface area contributed by atoms with Crippen molar-refractivity contribution in [3.8, 4) is 0 Å². The summed E-state index contributed by atoms with van der Waals surface area (Å²) < 4.78 is 38.2. The van der Waals surface area contributed by atoms with Crippen LogP contribution in [-0.2, 0) is 24.3 Å². The number of anilines is 1. The topological polar surface area (TPSA) is 84.9 Å². The minimum absolute atomic E-state index is 0.103. The van der Waals surface area contributed by atoms with Gasteiger partial charge in [0.1, 0.15) is 0 Å². The van der Waals surface area contributed by atoms with E-state index in [0.29, 0.717) is 44.8 Å².